The monoisotopic (exact) mass is 382 g/mol. The van der Waals surface area contributed by atoms with Crippen molar-refractivity contribution < 1.29 is 14.3 Å². The highest BCUT2D eigenvalue weighted by atomic mass is 32.1. The number of carbonyl (C=O) groups excluding carboxylic acids is 2. The number of nitrogens with one attached hydrogen (secondary N) is 2. The van der Waals surface area contributed by atoms with Crippen molar-refractivity contribution >= 4 is 23.2 Å². The molecule has 27 heavy (non-hydrogen) atoms. The van der Waals surface area contributed by atoms with E-state index in [0.29, 0.717) is 11.5 Å². The Kier molecular flexibility index (Phi) is 4.41. The van der Waals surface area contributed by atoms with Crippen LogP contribution in [0.15, 0.2) is 36.4 Å². The molecule has 3 aromatic rings. The SMILES string of the molecule is Cc1cc(C)n(CC(=O)NNC(=O)c2cc3c(s2)-c2ccccc2OC3)n1. The molecule has 2 aromatic heterocycles. The molecule has 2 amide bonds. The summed E-state index contributed by atoms with van der Waals surface area (Å²) >= 11 is 1.39. The summed E-state index contributed by atoms with van der Waals surface area (Å²) in [5.74, 6) is 0.121. The van der Waals surface area contributed by atoms with Crippen molar-refractivity contribution in [3.63, 3.8) is 0 Å². The molecule has 0 atom stereocenters. The number of nitrogens with zero attached hydrogens (tertiary/aromatic N) is 2. The van der Waals surface area contributed by atoms with E-state index in [2.05, 4.69) is 16.0 Å². The lowest BCUT2D eigenvalue weighted by molar-refractivity contribution is -0.122. The highest BCUT2D eigenvalue weighted by molar-refractivity contribution is 7.17. The largest absolute Gasteiger partial charge is 0.488 e. The molecule has 0 fully saturated rings. The molecule has 1 aromatic carbocycles. The number of aryl methyl sites for hydroxylation is 2. The van der Waals surface area contributed by atoms with Crippen molar-refractivity contribution in [1.82, 2.24) is 20.6 Å². The maximum absolute atomic E-state index is 12.4. The van der Waals surface area contributed by atoms with E-state index in [1.807, 2.05) is 44.2 Å². The third-order valence-corrected chi connectivity index (χ3v) is 5.47. The second-order valence-corrected chi connectivity index (χ2v) is 7.39. The van der Waals surface area contributed by atoms with E-state index in [0.717, 1.165) is 33.1 Å². The van der Waals surface area contributed by atoms with E-state index in [1.54, 1.807) is 10.7 Å². The van der Waals surface area contributed by atoms with Gasteiger partial charge in [0, 0.05) is 21.7 Å². The minimum atomic E-state index is -0.353. The molecule has 0 saturated heterocycles. The quantitative estimate of drug-likeness (QED) is 0.682. The molecule has 1 aliphatic rings. The van der Waals surface area contributed by atoms with Gasteiger partial charge in [-0.05, 0) is 38.1 Å². The number of amides is 2. The summed E-state index contributed by atoms with van der Waals surface area (Å²) in [6.07, 6.45) is 0. The fourth-order valence-corrected chi connectivity index (χ4v) is 4.10. The molecular weight excluding hydrogens is 364 g/mol. The Morgan fingerprint density at radius 2 is 2.04 bits per heavy atom. The van der Waals surface area contributed by atoms with Crippen LogP contribution >= 0.6 is 11.3 Å². The number of hydrogen-bond acceptors (Lipinski definition) is 5. The number of para-hydroxylation sites is 1. The van der Waals surface area contributed by atoms with Crippen LogP contribution in [0.3, 0.4) is 0 Å². The molecule has 0 aliphatic carbocycles. The number of carbonyl (C=O) groups is 2. The van der Waals surface area contributed by atoms with Crippen molar-refractivity contribution in [3.05, 3.63) is 58.2 Å². The predicted molar refractivity (Wildman–Crippen MR) is 101 cm³/mol. The Hall–Kier alpha value is -3.13. The van der Waals surface area contributed by atoms with Gasteiger partial charge in [-0.2, -0.15) is 5.10 Å². The Labute approximate surface area is 159 Å². The molecule has 4 rings (SSSR count). The molecule has 8 heteroatoms. The molecule has 138 valence electrons. The highest BCUT2D eigenvalue weighted by Gasteiger charge is 2.22. The fourth-order valence-electron chi connectivity index (χ4n) is 3.01. The van der Waals surface area contributed by atoms with Gasteiger partial charge in [0.15, 0.2) is 0 Å². The molecule has 0 bridgehead atoms. The molecule has 2 N–H and O–H groups in total. The molecule has 7 nitrogen and oxygen atoms in total. The van der Waals surface area contributed by atoms with Gasteiger partial charge in [-0.15, -0.1) is 11.3 Å². The number of thiophene rings is 1. The smallest absolute Gasteiger partial charge is 0.279 e. The first-order valence-electron chi connectivity index (χ1n) is 8.46. The Balaban J connectivity index is 1.42. The Morgan fingerprint density at radius 3 is 2.81 bits per heavy atom. The van der Waals surface area contributed by atoms with Gasteiger partial charge in [0.25, 0.3) is 11.8 Å². The van der Waals surface area contributed by atoms with Crippen molar-refractivity contribution in [2.24, 2.45) is 0 Å². The van der Waals surface area contributed by atoms with Gasteiger partial charge in [0.1, 0.15) is 18.9 Å². The molecule has 0 saturated carbocycles. The van der Waals surface area contributed by atoms with Crippen LogP contribution in [0.4, 0.5) is 0 Å². The lowest BCUT2D eigenvalue weighted by atomic mass is 10.1. The Bertz CT molecular complexity index is 1040. The molecule has 0 unspecified atom stereocenters. The van der Waals surface area contributed by atoms with Crippen molar-refractivity contribution in [2.75, 3.05) is 0 Å². The third kappa shape index (κ3) is 3.43. The third-order valence-electron chi connectivity index (χ3n) is 4.26. The molecule has 0 spiro atoms. The highest BCUT2D eigenvalue weighted by Crippen LogP contribution is 2.42. The van der Waals surface area contributed by atoms with Crippen molar-refractivity contribution in [1.29, 1.82) is 0 Å². The van der Waals surface area contributed by atoms with Gasteiger partial charge in [-0.25, -0.2) is 0 Å². The standard InChI is InChI=1S/C19H18N4O3S/c1-11-7-12(2)23(22-11)9-17(24)20-21-19(25)16-8-13-10-26-15-6-4-3-5-14(15)18(13)27-16/h3-8H,9-10H2,1-2H3,(H,20,24)(H,21,25). The predicted octanol–water partition coefficient (Wildman–Crippen LogP) is 2.58. The summed E-state index contributed by atoms with van der Waals surface area (Å²) in [7, 11) is 0. The molecule has 1 aliphatic heterocycles. The second-order valence-electron chi connectivity index (χ2n) is 6.34. The normalized spacial score (nSPS) is 11.9. The summed E-state index contributed by atoms with van der Waals surface area (Å²) in [5, 5.41) is 4.23. The number of ether oxygens (including phenoxy) is 1. The summed E-state index contributed by atoms with van der Waals surface area (Å²) in [5.41, 5.74) is 8.59. The minimum absolute atomic E-state index is 0.0438. The van der Waals surface area contributed by atoms with Crippen LogP contribution in [0, 0.1) is 13.8 Å². The minimum Gasteiger partial charge on any atom is -0.488 e. The summed E-state index contributed by atoms with van der Waals surface area (Å²) in [4.78, 5) is 26.0. The summed E-state index contributed by atoms with van der Waals surface area (Å²) in [6, 6.07) is 11.4. The average molecular weight is 382 g/mol. The van der Waals surface area contributed by atoms with E-state index >= 15 is 0 Å². The first-order valence-corrected chi connectivity index (χ1v) is 9.28. The van der Waals surface area contributed by atoms with Gasteiger partial charge in [-0.1, -0.05) is 12.1 Å². The van der Waals surface area contributed by atoms with Crippen LogP contribution in [-0.4, -0.2) is 21.6 Å². The van der Waals surface area contributed by atoms with Gasteiger partial charge in [0.2, 0.25) is 0 Å². The van der Waals surface area contributed by atoms with E-state index in [4.69, 9.17) is 4.74 Å². The van der Waals surface area contributed by atoms with Crippen LogP contribution in [0.25, 0.3) is 10.4 Å². The number of hydrazine groups is 1. The summed E-state index contributed by atoms with van der Waals surface area (Å²) < 4.78 is 7.31. The Morgan fingerprint density at radius 1 is 1.22 bits per heavy atom. The topological polar surface area (TPSA) is 85.2 Å². The molecular formula is C19H18N4O3S. The number of hydrogen-bond donors (Lipinski definition) is 2. The second kappa shape index (κ2) is 6.88. The molecule has 3 heterocycles. The lowest BCUT2D eigenvalue weighted by Crippen LogP contribution is -2.43. The van der Waals surface area contributed by atoms with E-state index in [-0.39, 0.29) is 18.4 Å². The first kappa shape index (κ1) is 17.3. The zero-order chi connectivity index (χ0) is 19.0. The van der Waals surface area contributed by atoms with Gasteiger partial charge in [-0.3, -0.25) is 25.1 Å². The number of rotatable bonds is 3. The lowest BCUT2D eigenvalue weighted by Gasteiger charge is -2.16. The first-order chi connectivity index (χ1) is 13.0. The number of benzene rings is 1. The zero-order valence-electron chi connectivity index (χ0n) is 14.9. The number of fused-ring (bicyclic) bond motifs is 3. The van der Waals surface area contributed by atoms with E-state index in [1.165, 1.54) is 11.3 Å². The van der Waals surface area contributed by atoms with Crippen LogP contribution < -0.4 is 15.6 Å². The fraction of sp³-hybridized carbons (Fsp3) is 0.211. The molecule has 0 radical (unpaired) electrons. The maximum Gasteiger partial charge on any atom is 0.279 e. The maximum atomic E-state index is 12.4. The van der Waals surface area contributed by atoms with Crippen LogP contribution in [0.2, 0.25) is 0 Å². The van der Waals surface area contributed by atoms with Crippen LogP contribution in [0.5, 0.6) is 5.75 Å². The van der Waals surface area contributed by atoms with Gasteiger partial charge < -0.3 is 4.74 Å². The van der Waals surface area contributed by atoms with Gasteiger partial charge in [0.05, 0.1) is 10.6 Å². The van der Waals surface area contributed by atoms with Crippen LogP contribution in [-0.2, 0) is 17.9 Å². The average Bonchev–Trinajstić information content (AvgIpc) is 3.23. The van der Waals surface area contributed by atoms with Gasteiger partial charge >= 0.3 is 0 Å². The van der Waals surface area contributed by atoms with E-state index in [9.17, 15) is 9.59 Å². The zero-order valence-corrected chi connectivity index (χ0v) is 15.7. The van der Waals surface area contributed by atoms with Crippen molar-refractivity contribution in [2.45, 2.75) is 27.0 Å². The summed E-state index contributed by atoms with van der Waals surface area (Å²) in [6.45, 7) is 4.22. The van der Waals surface area contributed by atoms with Crippen LogP contribution in [0.1, 0.15) is 26.6 Å². The number of aromatic nitrogens is 2. The van der Waals surface area contributed by atoms with Crippen molar-refractivity contribution in [3.8, 4) is 16.2 Å². The van der Waals surface area contributed by atoms with E-state index < -0.39 is 0 Å².